The van der Waals surface area contributed by atoms with Crippen LogP contribution in [0.15, 0.2) is 79.0 Å². The van der Waals surface area contributed by atoms with E-state index in [1.54, 1.807) is 6.20 Å². The lowest BCUT2D eigenvalue weighted by atomic mass is 10.1. The lowest BCUT2D eigenvalue weighted by molar-refractivity contribution is 0.0761. The molecule has 0 aliphatic carbocycles. The molecule has 9 nitrogen and oxygen atoms in total. The van der Waals surface area contributed by atoms with Gasteiger partial charge in [-0.05, 0) is 37.6 Å². The number of amides is 1. The van der Waals surface area contributed by atoms with E-state index >= 15 is 0 Å². The molecule has 1 aliphatic rings. The number of anilines is 1. The van der Waals surface area contributed by atoms with E-state index in [0.717, 1.165) is 57.9 Å². The van der Waals surface area contributed by atoms with Crippen molar-refractivity contribution in [3.63, 3.8) is 0 Å². The smallest absolute Gasteiger partial charge is 0.274 e. The van der Waals surface area contributed by atoms with Crippen molar-refractivity contribution in [2.45, 2.75) is 13.3 Å². The monoisotopic (exact) mass is 514 g/mol. The number of carbonyl (C=O) groups excluding carboxylic acids is 1. The van der Waals surface area contributed by atoms with E-state index in [1.165, 1.54) is 5.56 Å². The summed E-state index contributed by atoms with van der Waals surface area (Å²) in [7, 11) is 0. The lowest BCUT2D eigenvalue weighted by Gasteiger charge is -2.24. The number of hydrogen-bond acceptors (Lipinski definition) is 7. The molecule has 3 aromatic heterocycles. The van der Waals surface area contributed by atoms with Gasteiger partial charge in [-0.15, -0.1) is 10.2 Å². The van der Waals surface area contributed by atoms with Gasteiger partial charge in [0.2, 0.25) is 5.95 Å². The van der Waals surface area contributed by atoms with Crippen LogP contribution >= 0.6 is 0 Å². The average molecular weight is 515 g/mol. The quantitative estimate of drug-likeness (QED) is 0.342. The summed E-state index contributed by atoms with van der Waals surface area (Å²) in [4.78, 5) is 31.6. The maximum Gasteiger partial charge on any atom is 0.274 e. The Labute approximate surface area is 224 Å². The maximum absolute atomic E-state index is 13.4. The Kier molecular flexibility index (Phi) is 5.61. The number of benzene rings is 3. The molecule has 1 aliphatic heterocycles. The molecule has 7 rings (SSSR count). The Hall–Kier alpha value is -4.92. The molecule has 39 heavy (non-hydrogen) atoms. The van der Waals surface area contributed by atoms with E-state index in [9.17, 15) is 4.79 Å². The molecular weight excluding hydrogens is 488 g/mol. The summed E-state index contributed by atoms with van der Waals surface area (Å²) >= 11 is 0. The molecule has 6 aromatic rings. The van der Waals surface area contributed by atoms with Gasteiger partial charge < -0.3 is 9.80 Å². The van der Waals surface area contributed by atoms with Gasteiger partial charge in [0.15, 0.2) is 11.5 Å². The first-order valence-corrected chi connectivity index (χ1v) is 13.1. The first-order valence-electron chi connectivity index (χ1n) is 13.1. The minimum atomic E-state index is -0.101. The molecule has 0 N–H and O–H groups in total. The number of fused-ring (bicyclic) bond motifs is 4. The zero-order valence-electron chi connectivity index (χ0n) is 21.5. The predicted octanol–water partition coefficient (Wildman–Crippen LogP) is 4.55. The van der Waals surface area contributed by atoms with Crippen LogP contribution < -0.4 is 4.90 Å². The minimum Gasteiger partial charge on any atom is -0.340 e. The molecule has 0 atom stereocenters. The van der Waals surface area contributed by atoms with Crippen molar-refractivity contribution in [1.29, 1.82) is 0 Å². The molecule has 0 spiro atoms. The van der Waals surface area contributed by atoms with Gasteiger partial charge in [-0.3, -0.25) is 9.78 Å². The van der Waals surface area contributed by atoms with E-state index in [0.29, 0.717) is 25.3 Å². The zero-order valence-corrected chi connectivity index (χ0v) is 21.5. The van der Waals surface area contributed by atoms with Gasteiger partial charge in [0.25, 0.3) is 5.91 Å². The van der Waals surface area contributed by atoms with Crippen LogP contribution in [0.1, 0.15) is 22.5 Å². The second-order valence-electron chi connectivity index (χ2n) is 9.85. The van der Waals surface area contributed by atoms with Crippen molar-refractivity contribution < 1.29 is 4.79 Å². The second kappa shape index (κ2) is 9.43. The molecule has 1 saturated heterocycles. The molecule has 192 valence electrons. The number of nitrogens with zero attached hydrogens (tertiary/aromatic N) is 8. The largest absolute Gasteiger partial charge is 0.340 e. The third-order valence-electron chi connectivity index (χ3n) is 7.27. The third-order valence-corrected chi connectivity index (χ3v) is 7.27. The van der Waals surface area contributed by atoms with Gasteiger partial charge in [0.1, 0.15) is 5.69 Å². The summed E-state index contributed by atoms with van der Waals surface area (Å²) in [5.74, 6) is 1.43. The first kappa shape index (κ1) is 23.2. The molecule has 3 aromatic carbocycles. The summed E-state index contributed by atoms with van der Waals surface area (Å²) in [5.41, 5.74) is 5.67. The van der Waals surface area contributed by atoms with Crippen LogP contribution in [-0.4, -0.2) is 66.5 Å². The zero-order chi connectivity index (χ0) is 26.3. The molecule has 0 bridgehead atoms. The Morgan fingerprint density at radius 1 is 0.769 bits per heavy atom. The van der Waals surface area contributed by atoms with Crippen molar-refractivity contribution in [2.24, 2.45) is 0 Å². The van der Waals surface area contributed by atoms with Crippen molar-refractivity contribution in [3.8, 4) is 11.4 Å². The second-order valence-corrected chi connectivity index (χ2v) is 9.85. The predicted molar refractivity (Wildman–Crippen MR) is 151 cm³/mol. The van der Waals surface area contributed by atoms with Crippen LogP contribution in [0.4, 0.5) is 5.95 Å². The fraction of sp³-hybridized carbons (Fsp3) is 0.200. The summed E-state index contributed by atoms with van der Waals surface area (Å²) < 4.78 is 2.05. The molecule has 1 amide bonds. The molecule has 0 saturated carbocycles. The summed E-state index contributed by atoms with van der Waals surface area (Å²) in [6.07, 6.45) is 2.37. The van der Waals surface area contributed by atoms with E-state index in [2.05, 4.69) is 60.7 Å². The van der Waals surface area contributed by atoms with Crippen LogP contribution in [-0.2, 0) is 0 Å². The Balaban J connectivity index is 1.25. The third kappa shape index (κ3) is 4.12. The Bertz CT molecular complexity index is 1850. The number of para-hydroxylation sites is 3. The standard InChI is InChI=1S/C30H26N8O/c1-20-11-13-21(14-12-20)27-34-35-28-22-7-2-3-8-23(22)33-30(38(27)28)37-16-6-15-36(17-18-37)29(39)26-19-31-24-9-4-5-10-25(24)32-26/h2-5,7-14,19H,6,15-18H2,1H3. The fourth-order valence-electron chi connectivity index (χ4n) is 5.21. The van der Waals surface area contributed by atoms with Crippen molar-refractivity contribution >= 4 is 39.4 Å². The van der Waals surface area contributed by atoms with E-state index in [-0.39, 0.29) is 5.91 Å². The van der Waals surface area contributed by atoms with Crippen LogP contribution in [0.3, 0.4) is 0 Å². The SMILES string of the molecule is Cc1ccc(-c2nnc3c4ccccc4nc(N4CCCN(C(=O)c5cnc6ccccc6n5)CC4)n23)cc1. The number of rotatable bonds is 3. The van der Waals surface area contributed by atoms with Crippen molar-refractivity contribution in [1.82, 2.24) is 34.4 Å². The molecule has 0 unspecified atom stereocenters. The van der Waals surface area contributed by atoms with Crippen LogP contribution in [0, 0.1) is 6.92 Å². The number of carbonyl (C=O) groups is 1. The number of aromatic nitrogens is 6. The van der Waals surface area contributed by atoms with Crippen LogP contribution in [0.5, 0.6) is 0 Å². The van der Waals surface area contributed by atoms with Gasteiger partial charge in [-0.2, -0.15) is 0 Å². The highest BCUT2D eigenvalue weighted by atomic mass is 16.2. The van der Waals surface area contributed by atoms with Gasteiger partial charge in [-0.25, -0.2) is 14.4 Å². The average Bonchev–Trinajstić information content (AvgIpc) is 3.28. The van der Waals surface area contributed by atoms with Gasteiger partial charge >= 0.3 is 0 Å². The van der Waals surface area contributed by atoms with E-state index in [1.807, 2.05) is 53.4 Å². The molecule has 9 heteroatoms. The van der Waals surface area contributed by atoms with Gasteiger partial charge in [0, 0.05) is 37.1 Å². The molecular formula is C30H26N8O. The number of aryl methyl sites for hydroxylation is 1. The Morgan fingerprint density at radius 3 is 2.38 bits per heavy atom. The summed E-state index contributed by atoms with van der Waals surface area (Å²) in [6, 6.07) is 23.9. The summed E-state index contributed by atoms with van der Waals surface area (Å²) in [6.45, 7) is 4.62. The minimum absolute atomic E-state index is 0.101. The highest BCUT2D eigenvalue weighted by Gasteiger charge is 2.25. The topological polar surface area (TPSA) is 92.4 Å². The normalized spacial score (nSPS) is 14.3. The van der Waals surface area contributed by atoms with E-state index in [4.69, 9.17) is 4.98 Å². The highest BCUT2D eigenvalue weighted by molar-refractivity contribution is 5.94. The Morgan fingerprint density at radius 2 is 1.54 bits per heavy atom. The van der Waals surface area contributed by atoms with Crippen LogP contribution in [0.2, 0.25) is 0 Å². The fourth-order valence-corrected chi connectivity index (χ4v) is 5.21. The molecule has 1 fully saturated rings. The summed E-state index contributed by atoms with van der Waals surface area (Å²) in [5, 5.41) is 10.1. The number of hydrogen-bond donors (Lipinski definition) is 0. The molecule has 0 radical (unpaired) electrons. The highest BCUT2D eigenvalue weighted by Crippen LogP contribution is 2.29. The van der Waals surface area contributed by atoms with Crippen molar-refractivity contribution in [2.75, 3.05) is 31.1 Å². The first-order chi connectivity index (χ1) is 19.2. The van der Waals surface area contributed by atoms with Gasteiger partial charge in [0.05, 0.1) is 22.7 Å². The van der Waals surface area contributed by atoms with E-state index < -0.39 is 0 Å². The van der Waals surface area contributed by atoms with Gasteiger partial charge in [-0.1, -0.05) is 54.1 Å². The molecule has 4 heterocycles. The van der Waals surface area contributed by atoms with Crippen molar-refractivity contribution in [3.05, 3.63) is 90.3 Å². The maximum atomic E-state index is 13.4. The van der Waals surface area contributed by atoms with Crippen LogP contribution in [0.25, 0.3) is 39.0 Å². The lowest BCUT2D eigenvalue weighted by Crippen LogP contribution is -2.36.